The van der Waals surface area contributed by atoms with Gasteiger partial charge in [0.25, 0.3) is 17.7 Å². The van der Waals surface area contributed by atoms with Gasteiger partial charge in [-0.1, -0.05) is 17.7 Å². The van der Waals surface area contributed by atoms with Crippen LogP contribution in [0.15, 0.2) is 36.5 Å². The highest BCUT2D eigenvalue weighted by molar-refractivity contribution is 6.34. The third kappa shape index (κ3) is 7.61. The number of hydrogen-bond acceptors (Lipinski definition) is 8. The number of rotatable bonds is 10. The summed E-state index contributed by atoms with van der Waals surface area (Å²) >= 11 is 6.52. The van der Waals surface area contributed by atoms with Gasteiger partial charge in [0.1, 0.15) is 25.3 Å². The zero-order chi connectivity index (χ0) is 39.1. The lowest BCUT2D eigenvalue weighted by molar-refractivity contribution is -0.892. The number of anilines is 1. The summed E-state index contributed by atoms with van der Waals surface area (Å²) in [5, 5.41) is 27.1. The van der Waals surface area contributed by atoms with Crippen molar-refractivity contribution in [3.63, 3.8) is 0 Å². The van der Waals surface area contributed by atoms with Crippen molar-refractivity contribution in [2.45, 2.75) is 32.6 Å². The number of aryl methyl sites for hydroxylation is 1. The second kappa shape index (κ2) is 15.5. The van der Waals surface area contributed by atoms with Gasteiger partial charge in [-0.3, -0.25) is 19.1 Å². The van der Waals surface area contributed by atoms with Gasteiger partial charge in [0.05, 0.1) is 48.4 Å². The van der Waals surface area contributed by atoms with E-state index in [1.165, 1.54) is 48.1 Å². The third-order valence-electron chi connectivity index (χ3n) is 10.3. The summed E-state index contributed by atoms with van der Waals surface area (Å²) in [6, 6.07) is 7.40. The number of carbonyl (C=O) groups is 3. The fourth-order valence-corrected chi connectivity index (χ4v) is 7.61. The molecule has 2 atom stereocenters. The number of carbonyl (C=O) groups excluding carboxylic acids is 3. The van der Waals surface area contributed by atoms with E-state index in [4.69, 9.17) is 16.3 Å². The summed E-state index contributed by atoms with van der Waals surface area (Å²) in [6.07, 6.45) is -0.432. The normalized spacial score (nSPS) is 18.3. The first-order chi connectivity index (χ1) is 25.6. The van der Waals surface area contributed by atoms with Crippen molar-refractivity contribution in [1.29, 1.82) is 0 Å². The van der Waals surface area contributed by atoms with Gasteiger partial charge in [0.2, 0.25) is 0 Å². The molecule has 2 aliphatic rings. The van der Waals surface area contributed by atoms with Crippen LogP contribution in [-0.4, -0.2) is 140 Å². The maximum absolute atomic E-state index is 15.6. The van der Waals surface area contributed by atoms with Crippen LogP contribution in [0.25, 0.3) is 22.4 Å². The van der Waals surface area contributed by atoms with E-state index in [2.05, 4.69) is 15.4 Å². The minimum atomic E-state index is -1.09. The monoisotopic (exact) mass is 769 g/mol. The minimum Gasteiger partial charge on any atom is -0.384 e. The van der Waals surface area contributed by atoms with E-state index in [0.29, 0.717) is 69.4 Å². The van der Waals surface area contributed by atoms with Gasteiger partial charge < -0.3 is 39.1 Å². The Hall–Kier alpha value is -4.74. The molecule has 3 amide bonds. The molecule has 2 saturated heterocycles. The molecule has 0 aliphatic carbocycles. The van der Waals surface area contributed by atoms with Gasteiger partial charge >= 0.3 is 0 Å². The van der Waals surface area contributed by atoms with E-state index in [9.17, 15) is 24.6 Å². The molecule has 288 valence electrons. The van der Waals surface area contributed by atoms with E-state index in [0.717, 1.165) is 0 Å². The lowest BCUT2D eigenvalue weighted by atomic mass is 10.00. The first-order valence-electron chi connectivity index (χ1n) is 17.5. The molecule has 4 heterocycles. The summed E-state index contributed by atoms with van der Waals surface area (Å²) in [5.41, 5.74) is 2.40. The number of hydrogen-bond donors (Lipinski definition) is 3. The van der Waals surface area contributed by atoms with E-state index >= 15 is 8.78 Å². The molecule has 2 aromatic heterocycles. The molecule has 0 saturated carbocycles. The molecule has 2 fully saturated rings. The number of ether oxygens (including phenoxy) is 1. The van der Waals surface area contributed by atoms with E-state index in [1.807, 2.05) is 7.05 Å². The maximum Gasteiger partial charge on any atom is 0.291 e. The Balaban J connectivity index is 1.09. The quantitative estimate of drug-likeness (QED) is 0.208. The summed E-state index contributed by atoms with van der Waals surface area (Å²) in [7, 11) is 4.91. The summed E-state index contributed by atoms with van der Waals surface area (Å²) < 4.78 is 39.7. The smallest absolute Gasteiger partial charge is 0.291 e. The predicted octanol–water partition coefficient (Wildman–Crippen LogP) is 2.86. The number of quaternary nitrogens is 1. The Labute approximate surface area is 316 Å². The van der Waals surface area contributed by atoms with Gasteiger partial charge in [0, 0.05) is 68.4 Å². The standard InChI is InChI=1S/C37H43ClF2N8O6/c1-21-32(22(2)47(43-21)14-15-54-5)26-9-8-25(33(39)34(26)40)28-17-41-35(44(28)3)36(52)42-23-6-7-24(27(38)16-23)37(53)46-12-10-45(11-13-46)31(51)20-48(4)18-29(49)30(50)19-48/h6-9,16-17,29-30,49-50H,10-15,18-20H2,1-5H3/p+1/t29-,30-/m1/s1. The molecular formula is C37H44ClF2N8O6+. The van der Waals surface area contributed by atoms with Crippen LogP contribution in [0.2, 0.25) is 5.02 Å². The van der Waals surface area contributed by atoms with E-state index in [1.54, 1.807) is 35.4 Å². The van der Waals surface area contributed by atoms with Crippen LogP contribution in [-0.2, 0) is 23.1 Å². The van der Waals surface area contributed by atoms with Gasteiger partial charge in [-0.15, -0.1) is 0 Å². The lowest BCUT2D eigenvalue weighted by Crippen LogP contribution is -2.55. The van der Waals surface area contributed by atoms with Crippen LogP contribution in [0.5, 0.6) is 0 Å². The number of halogens is 3. The SMILES string of the molecule is COCCn1nc(C)c(-c2ccc(-c3cnc(C(=O)Nc4ccc(C(=O)N5CCN(C(=O)C[N+]6(C)C[C@@H](O)[C@H](O)C6)CC5)c(Cl)c4)n3C)c(F)c2F)c1C. The van der Waals surface area contributed by atoms with Crippen molar-refractivity contribution < 1.29 is 42.6 Å². The van der Waals surface area contributed by atoms with Crippen molar-refractivity contribution >= 4 is 35.0 Å². The molecule has 2 aliphatic heterocycles. The number of aliphatic hydroxyl groups is 2. The molecular weight excluding hydrogens is 726 g/mol. The zero-order valence-corrected chi connectivity index (χ0v) is 31.5. The zero-order valence-electron chi connectivity index (χ0n) is 30.8. The van der Waals surface area contributed by atoms with Crippen molar-refractivity contribution in [2.24, 2.45) is 7.05 Å². The molecule has 17 heteroatoms. The Morgan fingerprint density at radius 1 is 1.00 bits per heavy atom. The van der Waals surface area contributed by atoms with Crippen LogP contribution in [0.3, 0.4) is 0 Å². The first-order valence-corrected chi connectivity index (χ1v) is 17.9. The van der Waals surface area contributed by atoms with Crippen molar-refractivity contribution in [1.82, 2.24) is 29.1 Å². The molecule has 0 unspecified atom stereocenters. The Kier molecular flexibility index (Phi) is 11.2. The van der Waals surface area contributed by atoms with Gasteiger partial charge in [-0.25, -0.2) is 13.8 Å². The number of amides is 3. The van der Waals surface area contributed by atoms with Crippen LogP contribution < -0.4 is 5.32 Å². The summed E-state index contributed by atoms with van der Waals surface area (Å²) in [5.74, 6) is -3.28. The Morgan fingerprint density at radius 2 is 1.63 bits per heavy atom. The molecule has 0 spiro atoms. The van der Waals surface area contributed by atoms with Gasteiger partial charge in [-0.2, -0.15) is 5.10 Å². The Morgan fingerprint density at radius 3 is 2.28 bits per heavy atom. The van der Waals surface area contributed by atoms with Crippen LogP contribution in [0.4, 0.5) is 14.5 Å². The summed E-state index contributed by atoms with van der Waals surface area (Å²) in [4.78, 5) is 47.1. The number of imidazole rings is 1. The van der Waals surface area contributed by atoms with Crippen LogP contribution in [0.1, 0.15) is 32.4 Å². The molecule has 2 aromatic carbocycles. The number of benzene rings is 2. The van der Waals surface area contributed by atoms with Crippen molar-refractivity contribution in [3.8, 4) is 22.4 Å². The van der Waals surface area contributed by atoms with Crippen molar-refractivity contribution in [3.05, 3.63) is 76.0 Å². The largest absolute Gasteiger partial charge is 0.384 e. The fraction of sp³-hybridized carbons (Fsp3) is 0.432. The maximum atomic E-state index is 15.6. The number of piperazine rings is 1. The number of likely N-dealkylation sites (tertiary alicyclic amines) is 1. The number of aromatic nitrogens is 4. The number of nitrogens with one attached hydrogen (secondary N) is 1. The highest BCUT2D eigenvalue weighted by Crippen LogP contribution is 2.35. The molecule has 3 N–H and O–H groups in total. The Bertz CT molecular complexity index is 2090. The molecule has 0 radical (unpaired) electrons. The molecule has 4 aromatic rings. The predicted molar refractivity (Wildman–Crippen MR) is 196 cm³/mol. The lowest BCUT2D eigenvalue weighted by Gasteiger charge is -2.37. The fourth-order valence-electron chi connectivity index (χ4n) is 7.35. The second-order valence-electron chi connectivity index (χ2n) is 14.2. The molecule has 14 nitrogen and oxygen atoms in total. The van der Waals surface area contributed by atoms with Crippen LogP contribution >= 0.6 is 11.6 Å². The van der Waals surface area contributed by atoms with Crippen molar-refractivity contribution in [2.75, 3.05) is 71.9 Å². The van der Waals surface area contributed by atoms with E-state index in [-0.39, 0.29) is 61.8 Å². The number of methoxy groups -OCH3 is 1. The summed E-state index contributed by atoms with van der Waals surface area (Å²) in [6.45, 7) is 6.37. The highest BCUT2D eigenvalue weighted by atomic mass is 35.5. The third-order valence-corrected chi connectivity index (χ3v) is 10.6. The highest BCUT2D eigenvalue weighted by Gasteiger charge is 2.43. The number of likely N-dealkylation sites (N-methyl/N-ethyl adjacent to an activating group) is 1. The number of aliphatic hydroxyl groups excluding tert-OH is 2. The average Bonchev–Trinajstić information content (AvgIpc) is 3.74. The molecule has 54 heavy (non-hydrogen) atoms. The first kappa shape index (κ1) is 39.0. The van der Waals surface area contributed by atoms with Crippen LogP contribution in [0, 0.1) is 25.5 Å². The second-order valence-corrected chi connectivity index (χ2v) is 14.6. The topological polar surface area (TPSA) is 155 Å². The van der Waals surface area contributed by atoms with Gasteiger partial charge in [-0.05, 0) is 38.1 Å². The molecule has 6 rings (SSSR count). The van der Waals surface area contributed by atoms with Gasteiger partial charge in [0.15, 0.2) is 24.0 Å². The van der Waals surface area contributed by atoms with E-state index < -0.39 is 29.7 Å². The number of nitrogens with zero attached hydrogens (tertiary/aromatic N) is 7. The minimum absolute atomic E-state index is 0.0686. The molecule has 0 bridgehead atoms. The average molecular weight is 770 g/mol.